The highest BCUT2D eigenvalue weighted by Crippen LogP contribution is 2.44. The maximum absolute atomic E-state index is 11.8. The molecule has 0 aliphatic heterocycles. The molecule has 0 aromatic carbocycles. The SMILES string of the molecule is Cc1ncsc1CCC(=O)NCC[C@@H]1C[C@@H]2C=C[C@H]1C2. The lowest BCUT2D eigenvalue weighted by Crippen LogP contribution is -2.26. The number of amides is 1. The highest BCUT2D eigenvalue weighted by Gasteiger charge is 2.34. The number of allylic oxidation sites excluding steroid dienone is 2. The van der Waals surface area contributed by atoms with Crippen LogP contribution in [0.2, 0.25) is 0 Å². The van der Waals surface area contributed by atoms with Crippen molar-refractivity contribution in [2.24, 2.45) is 17.8 Å². The van der Waals surface area contributed by atoms with Crippen LogP contribution in [-0.4, -0.2) is 17.4 Å². The van der Waals surface area contributed by atoms with E-state index in [-0.39, 0.29) is 5.91 Å². The molecule has 2 aliphatic rings. The first-order valence-electron chi connectivity index (χ1n) is 7.56. The van der Waals surface area contributed by atoms with Gasteiger partial charge in [-0.25, -0.2) is 4.98 Å². The quantitative estimate of drug-likeness (QED) is 0.818. The van der Waals surface area contributed by atoms with Crippen LogP contribution in [0.15, 0.2) is 17.7 Å². The van der Waals surface area contributed by atoms with E-state index in [0.717, 1.165) is 42.8 Å². The number of carbonyl (C=O) groups is 1. The Kier molecular flexibility index (Phi) is 4.20. The van der Waals surface area contributed by atoms with Crippen molar-refractivity contribution in [3.63, 3.8) is 0 Å². The van der Waals surface area contributed by atoms with Crippen molar-refractivity contribution in [1.29, 1.82) is 0 Å². The number of hydrogen-bond acceptors (Lipinski definition) is 3. The summed E-state index contributed by atoms with van der Waals surface area (Å²) in [5.74, 6) is 2.59. The van der Waals surface area contributed by atoms with E-state index in [9.17, 15) is 4.79 Å². The molecule has 2 aliphatic carbocycles. The second-order valence-corrected chi connectivity index (χ2v) is 6.98. The van der Waals surface area contributed by atoms with Crippen molar-refractivity contribution in [2.75, 3.05) is 6.54 Å². The second-order valence-electron chi connectivity index (χ2n) is 6.04. The maximum Gasteiger partial charge on any atom is 0.220 e. The first kappa shape index (κ1) is 13.8. The lowest BCUT2D eigenvalue weighted by atomic mass is 9.91. The van der Waals surface area contributed by atoms with Crippen LogP contribution in [0, 0.1) is 24.7 Å². The zero-order valence-corrected chi connectivity index (χ0v) is 12.8. The van der Waals surface area contributed by atoms with E-state index < -0.39 is 0 Å². The Hall–Kier alpha value is -1.16. The first-order valence-corrected chi connectivity index (χ1v) is 8.44. The molecule has 3 nitrogen and oxygen atoms in total. The highest BCUT2D eigenvalue weighted by atomic mass is 32.1. The van der Waals surface area contributed by atoms with Gasteiger partial charge in [-0.1, -0.05) is 12.2 Å². The van der Waals surface area contributed by atoms with Crippen molar-refractivity contribution < 1.29 is 4.79 Å². The smallest absolute Gasteiger partial charge is 0.220 e. The first-order chi connectivity index (χ1) is 9.72. The van der Waals surface area contributed by atoms with Gasteiger partial charge in [-0.2, -0.15) is 0 Å². The molecule has 1 saturated carbocycles. The molecule has 1 N–H and O–H groups in total. The van der Waals surface area contributed by atoms with Crippen molar-refractivity contribution in [3.8, 4) is 0 Å². The van der Waals surface area contributed by atoms with Gasteiger partial charge in [0.25, 0.3) is 0 Å². The van der Waals surface area contributed by atoms with Crippen LogP contribution in [0.1, 0.15) is 36.3 Å². The zero-order chi connectivity index (χ0) is 13.9. The molecule has 0 unspecified atom stereocenters. The van der Waals surface area contributed by atoms with Crippen LogP contribution in [0.5, 0.6) is 0 Å². The number of aryl methyl sites for hydroxylation is 2. The standard InChI is InChI=1S/C16H22N2OS/c1-11-15(20-10-18-11)4-5-16(19)17-7-6-14-9-12-2-3-13(14)8-12/h2-3,10,12-14H,4-9H2,1H3,(H,17,19)/t12-,13+,14-/m1/s1. The molecule has 1 heterocycles. The molecular formula is C16H22N2OS. The van der Waals surface area contributed by atoms with Gasteiger partial charge < -0.3 is 5.32 Å². The summed E-state index contributed by atoms with van der Waals surface area (Å²) in [6.07, 6.45) is 9.97. The molecule has 0 saturated heterocycles. The number of nitrogens with one attached hydrogen (secondary N) is 1. The van der Waals surface area contributed by atoms with Gasteiger partial charge in [0.2, 0.25) is 5.91 Å². The normalized spacial score (nSPS) is 27.1. The van der Waals surface area contributed by atoms with E-state index in [4.69, 9.17) is 0 Å². The molecule has 4 heteroatoms. The minimum Gasteiger partial charge on any atom is -0.356 e. The number of aromatic nitrogens is 1. The van der Waals surface area contributed by atoms with E-state index in [2.05, 4.69) is 22.5 Å². The Bertz CT molecular complexity index is 508. The summed E-state index contributed by atoms with van der Waals surface area (Å²) in [5, 5.41) is 3.07. The molecule has 20 heavy (non-hydrogen) atoms. The van der Waals surface area contributed by atoms with Crippen molar-refractivity contribution in [1.82, 2.24) is 10.3 Å². The summed E-state index contributed by atoms with van der Waals surface area (Å²) < 4.78 is 0. The Labute approximate surface area is 124 Å². The van der Waals surface area contributed by atoms with Crippen LogP contribution >= 0.6 is 11.3 Å². The lowest BCUT2D eigenvalue weighted by Gasteiger charge is -2.17. The fourth-order valence-corrected chi connectivity index (χ4v) is 4.29. The van der Waals surface area contributed by atoms with E-state index >= 15 is 0 Å². The summed E-state index contributed by atoms with van der Waals surface area (Å²) in [6.45, 7) is 2.84. The molecule has 0 spiro atoms. The third kappa shape index (κ3) is 3.11. The van der Waals surface area contributed by atoms with Gasteiger partial charge in [-0.05, 0) is 50.4 Å². The molecule has 3 atom stereocenters. The number of nitrogens with zero attached hydrogens (tertiary/aromatic N) is 1. The summed E-state index contributed by atoms with van der Waals surface area (Å²) in [5.41, 5.74) is 2.92. The topological polar surface area (TPSA) is 42.0 Å². The van der Waals surface area contributed by atoms with Crippen molar-refractivity contribution in [3.05, 3.63) is 28.2 Å². The number of thiazole rings is 1. The third-order valence-corrected chi connectivity index (χ3v) is 5.67. The predicted octanol–water partition coefficient (Wildman–Crippen LogP) is 3.10. The van der Waals surface area contributed by atoms with Crippen molar-refractivity contribution >= 4 is 17.2 Å². The molecule has 1 aromatic heterocycles. The molecule has 1 aromatic rings. The van der Waals surface area contributed by atoms with Gasteiger partial charge in [-0.15, -0.1) is 11.3 Å². The van der Waals surface area contributed by atoms with Gasteiger partial charge >= 0.3 is 0 Å². The Balaban J connectivity index is 1.33. The molecule has 1 fully saturated rings. The predicted molar refractivity (Wildman–Crippen MR) is 81.6 cm³/mol. The third-order valence-electron chi connectivity index (χ3n) is 4.68. The minimum absolute atomic E-state index is 0.177. The van der Waals surface area contributed by atoms with Gasteiger partial charge in [0.1, 0.15) is 0 Å². The van der Waals surface area contributed by atoms with Crippen LogP contribution in [-0.2, 0) is 11.2 Å². The zero-order valence-electron chi connectivity index (χ0n) is 12.0. The molecule has 2 bridgehead atoms. The maximum atomic E-state index is 11.8. The minimum atomic E-state index is 0.177. The van der Waals surface area contributed by atoms with E-state index in [1.165, 1.54) is 17.7 Å². The summed E-state index contributed by atoms with van der Waals surface area (Å²) in [4.78, 5) is 17.3. The number of rotatable bonds is 6. The van der Waals surface area contributed by atoms with E-state index in [1.54, 1.807) is 11.3 Å². The average Bonchev–Trinajstić information content (AvgIpc) is 3.13. The Morgan fingerprint density at radius 1 is 1.45 bits per heavy atom. The van der Waals surface area contributed by atoms with E-state index in [0.29, 0.717) is 6.42 Å². The fourth-order valence-electron chi connectivity index (χ4n) is 3.51. The average molecular weight is 290 g/mol. The van der Waals surface area contributed by atoms with Crippen LogP contribution in [0.4, 0.5) is 0 Å². The molecule has 1 amide bonds. The second kappa shape index (κ2) is 6.08. The van der Waals surface area contributed by atoms with Gasteiger partial charge in [0.15, 0.2) is 0 Å². The van der Waals surface area contributed by atoms with Crippen LogP contribution in [0.25, 0.3) is 0 Å². The summed E-state index contributed by atoms with van der Waals surface area (Å²) in [7, 11) is 0. The van der Waals surface area contributed by atoms with Gasteiger partial charge in [0.05, 0.1) is 11.2 Å². The van der Waals surface area contributed by atoms with Crippen LogP contribution in [0.3, 0.4) is 0 Å². The summed E-state index contributed by atoms with van der Waals surface area (Å²) >= 11 is 1.65. The van der Waals surface area contributed by atoms with E-state index in [1.807, 2.05) is 12.4 Å². The van der Waals surface area contributed by atoms with Crippen LogP contribution < -0.4 is 5.32 Å². The molecule has 3 rings (SSSR count). The molecular weight excluding hydrogens is 268 g/mol. The Morgan fingerprint density at radius 2 is 2.35 bits per heavy atom. The van der Waals surface area contributed by atoms with Gasteiger partial charge in [-0.3, -0.25) is 4.79 Å². The Morgan fingerprint density at radius 3 is 3.00 bits per heavy atom. The molecule has 108 valence electrons. The molecule has 0 radical (unpaired) electrons. The monoisotopic (exact) mass is 290 g/mol. The summed E-state index contributed by atoms with van der Waals surface area (Å²) in [6, 6.07) is 0. The van der Waals surface area contributed by atoms with Crippen molar-refractivity contribution in [2.45, 2.75) is 39.0 Å². The number of fused-ring (bicyclic) bond motifs is 2. The lowest BCUT2D eigenvalue weighted by molar-refractivity contribution is -0.121. The number of carbonyl (C=O) groups excluding carboxylic acids is 1. The largest absolute Gasteiger partial charge is 0.356 e. The fraction of sp³-hybridized carbons (Fsp3) is 0.625. The number of hydrogen-bond donors (Lipinski definition) is 1. The van der Waals surface area contributed by atoms with Gasteiger partial charge in [0, 0.05) is 17.8 Å². The highest BCUT2D eigenvalue weighted by molar-refractivity contribution is 7.09.